The number of fused-ring (bicyclic) bond motifs is 1. The van der Waals surface area contributed by atoms with Gasteiger partial charge in [-0.25, -0.2) is 0 Å². The van der Waals surface area contributed by atoms with E-state index in [0.717, 1.165) is 6.54 Å². The predicted molar refractivity (Wildman–Crippen MR) is 91.8 cm³/mol. The zero-order valence-electron chi connectivity index (χ0n) is 13.3. The number of nitrogens with zero attached hydrogens (tertiary/aromatic N) is 2. The van der Waals surface area contributed by atoms with Crippen molar-refractivity contribution >= 4 is 20.6 Å². The second kappa shape index (κ2) is 7.56. The van der Waals surface area contributed by atoms with Crippen LogP contribution in [0.4, 0.5) is 11.4 Å². The molecule has 0 N–H and O–H groups in total. The van der Waals surface area contributed by atoms with Crippen molar-refractivity contribution in [3.05, 3.63) is 65.3 Å². The summed E-state index contributed by atoms with van der Waals surface area (Å²) in [6.07, 6.45) is 0. The van der Waals surface area contributed by atoms with Crippen LogP contribution in [-0.4, -0.2) is 7.05 Å². The molecule has 122 valence electrons. The van der Waals surface area contributed by atoms with E-state index in [9.17, 15) is 0 Å². The number of hydrogen-bond donors (Lipinski definition) is 0. The van der Waals surface area contributed by atoms with Crippen LogP contribution in [0.5, 0.6) is 0 Å². The summed E-state index contributed by atoms with van der Waals surface area (Å²) < 4.78 is 0. The van der Waals surface area contributed by atoms with E-state index < -0.39 is 0 Å². The first-order chi connectivity index (χ1) is 10.6. The molecule has 0 amide bonds. The number of anilines is 2. The van der Waals surface area contributed by atoms with E-state index in [2.05, 4.69) is 110 Å². The van der Waals surface area contributed by atoms with Gasteiger partial charge in [-0.15, -0.1) is 0 Å². The molecule has 1 aliphatic heterocycles. The van der Waals surface area contributed by atoms with E-state index in [1.165, 1.54) is 33.6 Å². The SMILES string of the molecule is Cc1cc(C)c(CN2[CH-]N(C)c3ccccc32)c(C)c1.[Cl][Ag]. The number of aryl methyl sites for hydroxylation is 3. The molecule has 2 aromatic rings. The Morgan fingerprint density at radius 1 is 1.00 bits per heavy atom. The fourth-order valence-electron chi connectivity index (χ4n) is 3.09. The van der Waals surface area contributed by atoms with Crippen LogP contribution in [0, 0.1) is 27.4 Å². The molecule has 22 heavy (non-hydrogen) atoms. The van der Waals surface area contributed by atoms with Gasteiger partial charge in [0.15, 0.2) is 0 Å². The Morgan fingerprint density at radius 3 is 2.14 bits per heavy atom. The van der Waals surface area contributed by atoms with Gasteiger partial charge in [-0.1, -0.05) is 29.8 Å². The third kappa shape index (κ3) is 3.52. The molecule has 1 aliphatic rings. The Morgan fingerprint density at radius 2 is 1.55 bits per heavy atom. The second-order valence-electron chi connectivity index (χ2n) is 5.72. The van der Waals surface area contributed by atoms with Crippen LogP contribution in [0.2, 0.25) is 0 Å². The summed E-state index contributed by atoms with van der Waals surface area (Å²) in [5, 5.41) is 0. The monoisotopic (exact) mass is 407 g/mol. The van der Waals surface area contributed by atoms with Crippen molar-refractivity contribution in [3.8, 4) is 0 Å². The third-order valence-electron chi connectivity index (χ3n) is 4.05. The van der Waals surface area contributed by atoms with Crippen molar-refractivity contribution in [2.75, 3.05) is 16.8 Å². The topological polar surface area (TPSA) is 6.48 Å². The summed E-state index contributed by atoms with van der Waals surface area (Å²) in [6, 6.07) is 13.1. The number of rotatable bonds is 2. The van der Waals surface area contributed by atoms with E-state index in [0.29, 0.717) is 0 Å². The first-order valence-electron chi connectivity index (χ1n) is 7.18. The van der Waals surface area contributed by atoms with Crippen molar-refractivity contribution in [3.63, 3.8) is 0 Å². The molecular weight excluding hydrogens is 388 g/mol. The average Bonchev–Trinajstić information content (AvgIpc) is 2.82. The Hall–Kier alpha value is -0.930. The molecule has 2 nitrogen and oxygen atoms in total. The van der Waals surface area contributed by atoms with Gasteiger partial charge >= 0.3 is 29.2 Å². The van der Waals surface area contributed by atoms with Gasteiger partial charge in [0, 0.05) is 17.9 Å². The van der Waals surface area contributed by atoms with Gasteiger partial charge in [0.2, 0.25) is 0 Å². The second-order valence-corrected chi connectivity index (χ2v) is 5.72. The van der Waals surface area contributed by atoms with Gasteiger partial charge in [-0.2, -0.15) is 6.67 Å². The molecule has 0 aliphatic carbocycles. The Bertz CT molecular complexity index is 634. The van der Waals surface area contributed by atoms with E-state index in [4.69, 9.17) is 0 Å². The molecule has 0 bridgehead atoms. The van der Waals surface area contributed by atoms with Crippen molar-refractivity contribution in [2.45, 2.75) is 27.3 Å². The van der Waals surface area contributed by atoms with Gasteiger partial charge in [0.1, 0.15) is 0 Å². The molecule has 0 aromatic heterocycles. The minimum absolute atomic E-state index is 0.930. The molecular formula is C18H21AgClN2-. The van der Waals surface area contributed by atoms with Gasteiger partial charge in [-0.3, -0.25) is 0 Å². The zero-order chi connectivity index (χ0) is 16.3. The first-order valence-corrected chi connectivity index (χ1v) is 9.09. The maximum atomic E-state index is 4.45. The Balaban J connectivity index is 0.000000847. The molecule has 0 saturated heterocycles. The molecule has 0 saturated carbocycles. The van der Waals surface area contributed by atoms with Crippen LogP contribution >= 0.6 is 9.19 Å². The molecule has 0 radical (unpaired) electrons. The third-order valence-corrected chi connectivity index (χ3v) is 4.05. The number of halogens is 1. The molecule has 0 unspecified atom stereocenters. The molecule has 2 aromatic carbocycles. The van der Waals surface area contributed by atoms with Crippen LogP contribution in [0.3, 0.4) is 0 Å². The van der Waals surface area contributed by atoms with Gasteiger partial charge in [0.25, 0.3) is 0 Å². The summed E-state index contributed by atoms with van der Waals surface area (Å²) in [5.41, 5.74) is 8.08. The van der Waals surface area contributed by atoms with Crippen molar-refractivity contribution in [1.82, 2.24) is 0 Å². The summed E-state index contributed by atoms with van der Waals surface area (Å²) >= 11 is 2.42. The normalized spacial score (nSPS) is 12.9. The molecule has 4 heteroatoms. The Kier molecular flexibility index (Phi) is 5.99. The summed E-state index contributed by atoms with van der Waals surface area (Å²) in [4.78, 5) is 4.52. The van der Waals surface area contributed by atoms with Crippen molar-refractivity contribution in [2.24, 2.45) is 0 Å². The molecule has 0 fully saturated rings. The van der Waals surface area contributed by atoms with Gasteiger partial charge < -0.3 is 9.80 Å². The van der Waals surface area contributed by atoms with Crippen LogP contribution in [0.25, 0.3) is 0 Å². The van der Waals surface area contributed by atoms with Crippen LogP contribution in [0.1, 0.15) is 22.3 Å². The fourth-order valence-corrected chi connectivity index (χ4v) is 3.09. The molecule has 1 heterocycles. The summed E-state index contributed by atoms with van der Waals surface area (Å²) in [7, 11) is 6.55. The summed E-state index contributed by atoms with van der Waals surface area (Å²) in [6.45, 7) is 9.69. The standard InChI is InChI=1S/C18H21N2.Ag.ClH/c1-13-9-14(2)16(15(3)10-13)11-20-12-19(4)17-7-5-6-8-18(17)20;;/h5-10,12H,11H2,1-4H3;;1H/q-1;+1;/p-1. The van der Waals surface area contributed by atoms with Crippen LogP contribution in [0.15, 0.2) is 36.4 Å². The predicted octanol–water partition coefficient (Wildman–Crippen LogP) is 4.87. The minimum atomic E-state index is 0.930. The zero-order valence-corrected chi connectivity index (χ0v) is 15.6. The van der Waals surface area contributed by atoms with Crippen LogP contribution in [-0.2, 0) is 26.5 Å². The fraction of sp³-hybridized carbons (Fsp3) is 0.278. The van der Waals surface area contributed by atoms with Crippen molar-refractivity contribution < 1.29 is 20.0 Å². The number of benzene rings is 2. The molecule has 0 atom stereocenters. The van der Waals surface area contributed by atoms with E-state index in [1.54, 1.807) is 0 Å². The number of hydrogen-bond acceptors (Lipinski definition) is 2. The van der Waals surface area contributed by atoms with Gasteiger partial charge in [0.05, 0.1) is 0 Å². The maximum absolute atomic E-state index is 4.45. The van der Waals surface area contributed by atoms with Crippen molar-refractivity contribution in [1.29, 1.82) is 0 Å². The molecule has 3 rings (SSSR count). The van der Waals surface area contributed by atoms with E-state index in [-0.39, 0.29) is 0 Å². The molecule has 0 spiro atoms. The Labute approximate surface area is 149 Å². The van der Waals surface area contributed by atoms with Crippen LogP contribution < -0.4 is 9.80 Å². The van der Waals surface area contributed by atoms with Gasteiger partial charge in [-0.05, 0) is 56.6 Å². The average molecular weight is 409 g/mol. The first kappa shape index (κ1) is 17.4. The number of para-hydroxylation sites is 2. The summed E-state index contributed by atoms with van der Waals surface area (Å²) in [5.74, 6) is 0. The van der Waals surface area contributed by atoms with E-state index in [1.807, 2.05) is 0 Å². The van der Waals surface area contributed by atoms with E-state index >= 15 is 0 Å². The quantitative estimate of drug-likeness (QED) is 0.516.